The standard InChI is InChI=1S/C25H26N2O2S/c1-18-10-12-20(13-11-18)7-4-14-26-25(29)23(17-22-9-5-15-30-22)27-24(28)21-8-3-6-19(2)16-21/h3,5-6,8-13,15-17H,4,7,14H2,1-2H3,(H,26,29)(H,27,28)/b23-17-. The highest BCUT2D eigenvalue weighted by Crippen LogP contribution is 2.13. The number of hydrogen-bond donors (Lipinski definition) is 2. The van der Waals surface area contributed by atoms with Crippen molar-refractivity contribution in [3.63, 3.8) is 0 Å². The Labute approximate surface area is 181 Å². The molecule has 0 aliphatic rings. The van der Waals surface area contributed by atoms with E-state index in [4.69, 9.17) is 0 Å². The SMILES string of the molecule is Cc1ccc(CCCNC(=O)/C(=C/c2cccs2)NC(=O)c2cccc(C)c2)cc1. The molecule has 0 spiro atoms. The average Bonchev–Trinajstić information content (AvgIpc) is 3.25. The molecule has 0 bridgehead atoms. The molecule has 5 heteroatoms. The van der Waals surface area contributed by atoms with Crippen molar-refractivity contribution < 1.29 is 9.59 Å². The van der Waals surface area contributed by atoms with Gasteiger partial charge in [-0.15, -0.1) is 11.3 Å². The molecular formula is C25H26N2O2S. The normalized spacial score (nSPS) is 11.2. The minimum absolute atomic E-state index is 0.249. The summed E-state index contributed by atoms with van der Waals surface area (Å²) < 4.78 is 0. The van der Waals surface area contributed by atoms with Gasteiger partial charge in [-0.05, 0) is 61.9 Å². The Kier molecular flexibility index (Phi) is 7.57. The second kappa shape index (κ2) is 10.6. The van der Waals surface area contributed by atoms with E-state index in [1.807, 2.05) is 36.6 Å². The van der Waals surface area contributed by atoms with Crippen LogP contribution in [0.25, 0.3) is 6.08 Å². The van der Waals surface area contributed by atoms with Gasteiger partial charge in [-0.25, -0.2) is 0 Å². The number of amides is 2. The topological polar surface area (TPSA) is 58.2 Å². The predicted octanol–water partition coefficient (Wildman–Crippen LogP) is 4.88. The molecule has 0 saturated carbocycles. The molecule has 3 aromatic rings. The van der Waals surface area contributed by atoms with E-state index in [1.54, 1.807) is 18.2 Å². The lowest BCUT2D eigenvalue weighted by Gasteiger charge is -2.11. The molecule has 3 rings (SSSR count). The first-order valence-electron chi connectivity index (χ1n) is 9.98. The van der Waals surface area contributed by atoms with Crippen LogP contribution in [0.3, 0.4) is 0 Å². The van der Waals surface area contributed by atoms with Gasteiger partial charge in [0.25, 0.3) is 11.8 Å². The fraction of sp³-hybridized carbons (Fsp3) is 0.200. The third-order valence-electron chi connectivity index (χ3n) is 4.65. The third-order valence-corrected chi connectivity index (χ3v) is 5.47. The number of aryl methyl sites for hydroxylation is 3. The summed E-state index contributed by atoms with van der Waals surface area (Å²) in [5.41, 5.74) is 4.25. The van der Waals surface area contributed by atoms with Crippen LogP contribution in [-0.2, 0) is 11.2 Å². The maximum Gasteiger partial charge on any atom is 0.267 e. The first-order valence-corrected chi connectivity index (χ1v) is 10.9. The molecule has 1 heterocycles. The second-order valence-corrected chi connectivity index (χ2v) is 8.22. The highest BCUT2D eigenvalue weighted by molar-refractivity contribution is 7.10. The van der Waals surface area contributed by atoms with Gasteiger partial charge in [0.2, 0.25) is 0 Å². The molecule has 154 valence electrons. The van der Waals surface area contributed by atoms with Crippen LogP contribution in [0.5, 0.6) is 0 Å². The summed E-state index contributed by atoms with van der Waals surface area (Å²) in [5, 5.41) is 7.64. The number of carbonyl (C=O) groups excluding carboxylic acids is 2. The van der Waals surface area contributed by atoms with Crippen molar-refractivity contribution in [2.45, 2.75) is 26.7 Å². The van der Waals surface area contributed by atoms with E-state index in [1.165, 1.54) is 22.5 Å². The van der Waals surface area contributed by atoms with Gasteiger partial charge in [0.1, 0.15) is 5.70 Å². The second-order valence-electron chi connectivity index (χ2n) is 7.24. The molecule has 0 unspecified atom stereocenters. The number of thiophene rings is 1. The monoisotopic (exact) mass is 418 g/mol. The van der Waals surface area contributed by atoms with Gasteiger partial charge < -0.3 is 10.6 Å². The fourth-order valence-electron chi connectivity index (χ4n) is 3.00. The van der Waals surface area contributed by atoms with Crippen molar-refractivity contribution in [3.05, 3.63) is 98.9 Å². The zero-order valence-electron chi connectivity index (χ0n) is 17.3. The Hall–Kier alpha value is -3.18. The number of rotatable bonds is 8. The Balaban J connectivity index is 1.62. The molecule has 0 saturated heterocycles. The summed E-state index contributed by atoms with van der Waals surface area (Å²) in [5.74, 6) is -0.579. The maximum atomic E-state index is 12.8. The van der Waals surface area contributed by atoms with Crippen LogP contribution < -0.4 is 10.6 Å². The molecule has 0 radical (unpaired) electrons. The molecule has 2 N–H and O–H groups in total. The van der Waals surface area contributed by atoms with E-state index >= 15 is 0 Å². The Morgan fingerprint density at radius 1 is 0.967 bits per heavy atom. The van der Waals surface area contributed by atoms with Gasteiger partial charge in [0.05, 0.1) is 0 Å². The van der Waals surface area contributed by atoms with E-state index in [0.29, 0.717) is 12.1 Å². The largest absolute Gasteiger partial charge is 0.351 e. The van der Waals surface area contributed by atoms with Gasteiger partial charge >= 0.3 is 0 Å². The molecule has 0 fully saturated rings. The molecule has 2 amide bonds. The van der Waals surface area contributed by atoms with Gasteiger partial charge in [0.15, 0.2) is 0 Å². The summed E-state index contributed by atoms with van der Waals surface area (Å²) >= 11 is 1.51. The van der Waals surface area contributed by atoms with Gasteiger partial charge in [-0.1, -0.05) is 53.6 Å². The molecule has 0 aliphatic heterocycles. The van der Waals surface area contributed by atoms with Gasteiger partial charge in [-0.3, -0.25) is 9.59 Å². The first kappa shape index (κ1) is 21.5. The van der Waals surface area contributed by atoms with Crippen molar-refractivity contribution in [1.82, 2.24) is 10.6 Å². The van der Waals surface area contributed by atoms with Crippen LogP contribution in [0, 0.1) is 13.8 Å². The van der Waals surface area contributed by atoms with Crippen LogP contribution in [0.2, 0.25) is 0 Å². The highest BCUT2D eigenvalue weighted by atomic mass is 32.1. The smallest absolute Gasteiger partial charge is 0.267 e. The van der Waals surface area contributed by atoms with Crippen LogP contribution >= 0.6 is 11.3 Å². The Morgan fingerprint density at radius 2 is 1.77 bits per heavy atom. The minimum Gasteiger partial charge on any atom is -0.351 e. The van der Waals surface area contributed by atoms with Crippen LogP contribution in [0.4, 0.5) is 0 Å². The van der Waals surface area contributed by atoms with Gasteiger partial charge in [0, 0.05) is 17.0 Å². The molecule has 1 aromatic heterocycles. The Bertz CT molecular complexity index is 1020. The van der Waals surface area contributed by atoms with Crippen LogP contribution in [-0.4, -0.2) is 18.4 Å². The van der Waals surface area contributed by atoms with Crippen molar-refractivity contribution in [2.75, 3.05) is 6.54 Å². The van der Waals surface area contributed by atoms with E-state index in [0.717, 1.165) is 23.3 Å². The summed E-state index contributed by atoms with van der Waals surface area (Å²) in [6, 6.07) is 19.5. The van der Waals surface area contributed by atoms with Crippen molar-refractivity contribution in [1.29, 1.82) is 0 Å². The molecule has 0 aliphatic carbocycles. The lowest BCUT2D eigenvalue weighted by atomic mass is 10.1. The molecular weight excluding hydrogens is 392 g/mol. The van der Waals surface area contributed by atoms with Gasteiger partial charge in [-0.2, -0.15) is 0 Å². The van der Waals surface area contributed by atoms with E-state index in [-0.39, 0.29) is 17.5 Å². The maximum absolute atomic E-state index is 12.8. The summed E-state index contributed by atoms with van der Waals surface area (Å²) in [7, 11) is 0. The van der Waals surface area contributed by atoms with E-state index < -0.39 is 0 Å². The van der Waals surface area contributed by atoms with Crippen molar-refractivity contribution in [2.24, 2.45) is 0 Å². The predicted molar refractivity (Wildman–Crippen MR) is 123 cm³/mol. The quantitative estimate of drug-likeness (QED) is 0.404. The number of benzene rings is 2. The van der Waals surface area contributed by atoms with Crippen molar-refractivity contribution in [3.8, 4) is 0 Å². The zero-order chi connectivity index (χ0) is 21.3. The third kappa shape index (κ3) is 6.42. The Morgan fingerprint density at radius 3 is 2.47 bits per heavy atom. The minimum atomic E-state index is -0.295. The zero-order valence-corrected chi connectivity index (χ0v) is 18.1. The molecule has 0 atom stereocenters. The number of carbonyl (C=O) groups is 2. The first-order chi connectivity index (χ1) is 14.5. The van der Waals surface area contributed by atoms with Crippen LogP contribution in [0.1, 0.15) is 38.3 Å². The lowest BCUT2D eigenvalue weighted by molar-refractivity contribution is -0.117. The van der Waals surface area contributed by atoms with Crippen LogP contribution in [0.15, 0.2) is 71.7 Å². The average molecular weight is 419 g/mol. The van der Waals surface area contributed by atoms with E-state index in [9.17, 15) is 9.59 Å². The molecule has 4 nitrogen and oxygen atoms in total. The summed E-state index contributed by atoms with van der Waals surface area (Å²) in [4.78, 5) is 26.3. The summed E-state index contributed by atoms with van der Waals surface area (Å²) in [6.07, 6.45) is 3.43. The molecule has 30 heavy (non-hydrogen) atoms. The number of nitrogens with one attached hydrogen (secondary N) is 2. The number of hydrogen-bond acceptors (Lipinski definition) is 3. The highest BCUT2D eigenvalue weighted by Gasteiger charge is 2.14. The molecule has 2 aromatic carbocycles. The van der Waals surface area contributed by atoms with E-state index in [2.05, 4.69) is 41.8 Å². The lowest BCUT2D eigenvalue weighted by Crippen LogP contribution is -2.35. The fourth-order valence-corrected chi connectivity index (χ4v) is 3.66. The summed E-state index contributed by atoms with van der Waals surface area (Å²) in [6.45, 7) is 4.53. The van der Waals surface area contributed by atoms with Crippen molar-refractivity contribution >= 4 is 29.2 Å².